The first-order chi connectivity index (χ1) is 12.6. The lowest BCUT2D eigenvalue weighted by Crippen LogP contribution is -2.13. The molecule has 0 radical (unpaired) electrons. The van der Waals surface area contributed by atoms with Crippen LogP contribution in [-0.2, 0) is 16.6 Å². The van der Waals surface area contributed by atoms with Gasteiger partial charge in [0.05, 0.1) is 22.9 Å². The van der Waals surface area contributed by atoms with Crippen LogP contribution in [0.1, 0.15) is 16.8 Å². The molecular weight excluding hydrogens is 368 g/mol. The topological polar surface area (TPSA) is 60.7 Å². The third-order valence-electron chi connectivity index (χ3n) is 3.78. The number of aromatic nitrogens is 1. The maximum Gasteiger partial charge on any atom is 0.337 e. The Hall–Kier alpha value is -2.38. The minimum atomic E-state index is -0.379. The summed E-state index contributed by atoms with van der Waals surface area (Å²) in [6.45, 7) is 0. The highest BCUT2D eigenvalue weighted by molar-refractivity contribution is 7.99. The summed E-state index contributed by atoms with van der Waals surface area (Å²) in [6.07, 6.45) is 0.376. The molecule has 0 atom stereocenters. The molecule has 3 aromatic rings. The zero-order valence-corrected chi connectivity index (χ0v) is 16.1. The molecule has 0 aliphatic heterocycles. The van der Waals surface area contributed by atoms with Gasteiger partial charge in [-0.1, -0.05) is 29.5 Å². The van der Waals surface area contributed by atoms with Crippen molar-refractivity contribution < 1.29 is 14.3 Å². The molecule has 0 saturated heterocycles. The van der Waals surface area contributed by atoms with E-state index in [0.717, 1.165) is 15.1 Å². The van der Waals surface area contributed by atoms with Gasteiger partial charge < -0.3 is 9.30 Å². The fourth-order valence-corrected chi connectivity index (χ4v) is 4.36. The molecule has 3 rings (SSSR count). The van der Waals surface area contributed by atoms with E-state index in [2.05, 4.69) is 4.99 Å². The van der Waals surface area contributed by atoms with Crippen molar-refractivity contribution in [3.05, 3.63) is 58.9 Å². The van der Waals surface area contributed by atoms with Gasteiger partial charge in [0.1, 0.15) is 0 Å². The Bertz CT molecular complexity index is 1010. The second kappa shape index (κ2) is 8.33. The molecule has 134 valence electrons. The molecule has 5 nitrogen and oxygen atoms in total. The van der Waals surface area contributed by atoms with Gasteiger partial charge in [0.2, 0.25) is 5.91 Å². The zero-order chi connectivity index (χ0) is 18.5. The lowest BCUT2D eigenvalue weighted by Gasteiger charge is -2.00. The van der Waals surface area contributed by atoms with Crippen molar-refractivity contribution in [1.29, 1.82) is 0 Å². The van der Waals surface area contributed by atoms with E-state index >= 15 is 0 Å². The molecule has 1 amide bonds. The molecule has 0 saturated carbocycles. The Labute approximate surface area is 159 Å². The molecule has 0 aliphatic rings. The molecule has 26 heavy (non-hydrogen) atoms. The first-order valence-corrected chi connectivity index (χ1v) is 9.82. The van der Waals surface area contributed by atoms with E-state index in [1.54, 1.807) is 23.9 Å². The van der Waals surface area contributed by atoms with Crippen LogP contribution in [0.3, 0.4) is 0 Å². The van der Waals surface area contributed by atoms with Gasteiger partial charge >= 0.3 is 5.97 Å². The number of carbonyl (C=O) groups is 2. The minimum Gasteiger partial charge on any atom is -0.465 e. The van der Waals surface area contributed by atoms with Gasteiger partial charge in [0.25, 0.3) is 0 Å². The number of methoxy groups -OCH3 is 1. The first kappa shape index (κ1) is 18.4. The van der Waals surface area contributed by atoms with Crippen LogP contribution in [0, 0.1) is 0 Å². The number of thiazole rings is 1. The minimum absolute atomic E-state index is 0.149. The maximum atomic E-state index is 12.2. The number of benzene rings is 2. The Morgan fingerprint density at radius 1 is 1.19 bits per heavy atom. The lowest BCUT2D eigenvalue weighted by molar-refractivity contribution is -0.117. The van der Waals surface area contributed by atoms with Crippen molar-refractivity contribution in [2.75, 3.05) is 12.9 Å². The Morgan fingerprint density at radius 2 is 1.96 bits per heavy atom. The van der Waals surface area contributed by atoms with Gasteiger partial charge in [-0.2, -0.15) is 4.99 Å². The number of nitrogens with zero attached hydrogens (tertiary/aromatic N) is 2. The fourth-order valence-electron chi connectivity index (χ4n) is 2.42. The number of carbonyl (C=O) groups excluding carboxylic acids is 2. The van der Waals surface area contributed by atoms with Crippen LogP contribution in [0.25, 0.3) is 10.2 Å². The Balaban J connectivity index is 1.75. The molecule has 0 spiro atoms. The van der Waals surface area contributed by atoms with Crippen molar-refractivity contribution in [2.45, 2.75) is 11.3 Å². The van der Waals surface area contributed by atoms with E-state index in [-0.39, 0.29) is 11.9 Å². The van der Waals surface area contributed by atoms with Gasteiger partial charge in [-0.05, 0) is 30.3 Å². The van der Waals surface area contributed by atoms with Crippen LogP contribution in [-0.4, -0.2) is 29.3 Å². The maximum absolute atomic E-state index is 12.2. The summed E-state index contributed by atoms with van der Waals surface area (Å²) in [5.41, 5.74) is 1.41. The smallest absolute Gasteiger partial charge is 0.337 e. The molecule has 0 aliphatic carbocycles. The van der Waals surface area contributed by atoms with E-state index < -0.39 is 0 Å². The zero-order valence-electron chi connectivity index (χ0n) is 14.5. The largest absolute Gasteiger partial charge is 0.465 e. The summed E-state index contributed by atoms with van der Waals surface area (Å²) in [6, 6.07) is 15.3. The Kier molecular flexibility index (Phi) is 5.90. The van der Waals surface area contributed by atoms with Crippen LogP contribution in [0.15, 0.2) is 58.4 Å². The number of rotatable bonds is 5. The van der Waals surface area contributed by atoms with Crippen LogP contribution in [0.2, 0.25) is 0 Å². The number of thioether (sulfide) groups is 1. The van der Waals surface area contributed by atoms with Gasteiger partial charge in [-0.25, -0.2) is 4.79 Å². The number of fused-ring (bicyclic) bond motifs is 1. The number of esters is 1. The normalized spacial score (nSPS) is 11.7. The highest BCUT2D eigenvalue weighted by Gasteiger charge is 2.10. The third kappa shape index (κ3) is 4.23. The predicted molar refractivity (Wildman–Crippen MR) is 104 cm³/mol. The van der Waals surface area contributed by atoms with Gasteiger partial charge in [0.15, 0.2) is 4.80 Å². The molecule has 1 aromatic heterocycles. The van der Waals surface area contributed by atoms with Crippen molar-refractivity contribution in [3.8, 4) is 0 Å². The second-order valence-electron chi connectivity index (χ2n) is 5.53. The number of hydrogen-bond acceptors (Lipinski definition) is 5. The van der Waals surface area contributed by atoms with Crippen LogP contribution >= 0.6 is 23.1 Å². The van der Waals surface area contributed by atoms with Gasteiger partial charge in [0, 0.05) is 24.1 Å². The average molecular weight is 386 g/mol. The lowest BCUT2D eigenvalue weighted by atomic mass is 10.2. The van der Waals surface area contributed by atoms with E-state index in [9.17, 15) is 9.59 Å². The summed E-state index contributed by atoms with van der Waals surface area (Å²) in [7, 11) is 3.22. The van der Waals surface area contributed by atoms with E-state index in [0.29, 0.717) is 22.5 Å². The van der Waals surface area contributed by atoms with E-state index in [1.165, 1.54) is 18.4 Å². The second-order valence-corrected chi connectivity index (χ2v) is 7.71. The number of hydrogen-bond donors (Lipinski definition) is 0. The molecule has 1 heterocycles. The molecule has 0 fully saturated rings. The monoisotopic (exact) mass is 386 g/mol. The molecule has 7 heteroatoms. The number of ether oxygens (including phenoxy) is 1. The molecule has 0 unspecified atom stereocenters. The highest BCUT2D eigenvalue weighted by Crippen LogP contribution is 2.20. The van der Waals surface area contributed by atoms with Gasteiger partial charge in [-0.15, -0.1) is 11.8 Å². The SMILES string of the molecule is COC(=O)c1ccc2c(c1)sc(=NC(=O)CCSc1ccccc1)n2C. The number of aryl methyl sites for hydroxylation is 1. The van der Waals surface area contributed by atoms with Gasteiger partial charge in [-0.3, -0.25) is 4.79 Å². The van der Waals surface area contributed by atoms with Crippen molar-refractivity contribution in [3.63, 3.8) is 0 Å². The summed E-state index contributed by atoms with van der Waals surface area (Å²) in [4.78, 5) is 29.8. The molecular formula is C19H18N2O3S2. The average Bonchev–Trinajstić information content (AvgIpc) is 2.97. The number of amides is 1. The molecule has 0 N–H and O–H groups in total. The fraction of sp³-hybridized carbons (Fsp3) is 0.211. The van der Waals surface area contributed by atoms with Crippen molar-refractivity contribution >= 4 is 45.2 Å². The predicted octanol–water partition coefficient (Wildman–Crippen LogP) is 3.64. The molecule has 0 bridgehead atoms. The van der Waals surface area contributed by atoms with Crippen LogP contribution in [0.5, 0.6) is 0 Å². The first-order valence-electron chi connectivity index (χ1n) is 8.02. The molecule has 2 aromatic carbocycles. The summed E-state index contributed by atoms with van der Waals surface area (Å²) < 4.78 is 7.50. The van der Waals surface area contributed by atoms with Crippen LogP contribution < -0.4 is 4.80 Å². The summed E-state index contributed by atoms with van der Waals surface area (Å²) in [5.74, 6) is 0.159. The quantitative estimate of drug-likeness (QED) is 0.496. The van der Waals surface area contributed by atoms with Crippen LogP contribution in [0.4, 0.5) is 0 Å². The summed E-state index contributed by atoms with van der Waals surface area (Å²) >= 11 is 3.03. The highest BCUT2D eigenvalue weighted by atomic mass is 32.2. The van der Waals surface area contributed by atoms with Crippen molar-refractivity contribution in [2.24, 2.45) is 12.0 Å². The third-order valence-corrected chi connectivity index (χ3v) is 5.89. The Morgan fingerprint density at radius 3 is 2.69 bits per heavy atom. The van der Waals surface area contributed by atoms with E-state index in [1.807, 2.05) is 48.0 Å². The standard InChI is InChI=1S/C19H18N2O3S2/c1-21-15-9-8-13(18(23)24-2)12-16(15)26-19(21)20-17(22)10-11-25-14-6-4-3-5-7-14/h3-9,12H,10-11H2,1-2H3. The van der Waals surface area contributed by atoms with Crippen molar-refractivity contribution in [1.82, 2.24) is 4.57 Å². The van der Waals surface area contributed by atoms with E-state index in [4.69, 9.17) is 4.74 Å². The summed E-state index contributed by atoms with van der Waals surface area (Å²) in [5, 5.41) is 0.